The molecule has 2 aromatic rings. The fourth-order valence-corrected chi connectivity index (χ4v) is 6.80. The first-order chi connectivity index (χ1) is 15.1. The van der Waals surface area contributed by atoms with Crippen LogP contribution in [0.1, 0.15) is 49.1 Å². The molecule has 2 aromatic carbocycles. The second kappa shape index (κ2) is 8.07. The second-order valence-corrected chi connectivity index (χ2v) is 9.55. The summed E-state index contributed by atoms with van der Waals surface area (Å²) < 4.78 is 11.7. The highest BCUT2D eigenvalue weighted by molar-refractivity contribution is 5.85. The average molecular weight is 419 g/mol. The van der Waals surface area contributed by atoms with Gasteiger partial charge in [-0.15, -0.1) is 0 Å². The summed E-state index contributed by atoms with van der Waals surface area (Å²) in [5.74, 6) is 4.67. The van der Waals surface area contributed by atoms with Gasteiger partial charge in [-0.25, -0.2) is 4.79 Å². The predicted molar refractivity (Wildman–Crippen MR) is 121 cm³/mol. The van der Waals surface area contributed by atoms with Crippen molar-refractivity contribution in [1.29, 1.82) is 0 Å². The van der Waals surface area contributed by atoms with Gasteiger partial charge in [0.05, 0.1) is 14.2 Å². The van der Waals surface area contributed by atoms with Crippen molar-refractivity contribution in [1.82, 2.24) is 0 Å². The zero-order chi connectivity index (χ0) is 21.5. The first kappa shape index (κ1) is 20.2. The molecule has 0 aliphatic heterocycles. The van der Waals surface area contributed by atoms with Gasteiger partial charge in [0, 0.05) is 11.6 Å². The van der Waals surface area contributed by atoms with Crippen LogP contribution in [-0.2, 0) is 4.79 Å². The Kier molecular flexibility index (Phi) is 5.25. The van der Waals surface area contributed by atoms with Gasteiger partial charge >= 0.3 is 5.97 Å². The van der Waals surface area contributed by atoms with E-state index in [-0.39, 0.29) is 0 Å². The minimum Gasteiger partial charge on any atom is -0.493 e. The molecule has 0 radical (unpaired) electrons. The summed E-state index contributed by atoms with van der Waals surface area (Å²) in [6.45, 7) is 0. The summed E-state index contributed by atoms with van der Waals surface area (Å²) in [5.41, 5.74) is 4.39. The number of hydrogen-bond donors (Lipinski definition) is 1. The lowest BCUT2D eigenvalue weighted by atomic mass is 9.50. The van der Waals surface area contributed by atoms with E-state index in [2.05, 4.69) is 12.1 Å². The van der Waals surface area contributed by atoms with E-state index < -0.39 is 5.97 Å². The molecule has 31 heavy (non-hydrogen) atoms. The summed E-state index contributed by atoms with van der Waals surface area (Å²) in [6.07, 6.45) is 9.66. The molecule has 0 aromatic heterocycles. The second-order valence-electron chi connectivity index (χ2n) is 9.55. The van der Waals surface area contributed by atoms with Crippen molar-refractivity contribution in [3.8, 4) is 22.6 Å². The Morgan fingerprint density at radius 1 is 0.903 bits per heavy atom. The molecule has 0 saturated heterocycles. The third kappa shape index (κ3) is 3.73. The Labute approximate surface area is 183 Å². The number of carbonyl (C=O) groups is 1. The van der Waals surface area contributed by atoms with Crippen LogP contribution < -0.4 is 9.47 Å². The number of rotatable bonds is 6. The lowest BCUT2D eigenvalue weighted by Gasteiger charge is -2.54. The SMILES string of the molecule is COc1cc(-c2ccc(C=CC(=O)O)cc2)cc(C2C3CC4CC(C3)CC2C4)c1OC. The minimum atomic E-state index is -0.940. The van der Waals surface area contributed by atoms with Crippen LogP contribution in [0.3, 0.4) is 0 Å². The molecule has 0 heterocycles. The molecule has 162 valence electrons. The highest BCUT2D eigenvalue weighted by atomic mass is 16.5. The molecule has 4 nitrogen and oxygen atoms in total. The summed E-state index contributed by atoms with van der Waals surface area (Å²) in [7, 11) is 3.46. The molecule has 4 fully saturated rings. The van der Waals surface area contributed by atoms with Crippen LogP contribution in [0.15, 0.2) is 42.5 Å². The number of hydrogen-bond acceptors (Lipinski definition) is 3. The Bertz CT molecular complexity index is 977. The van der Waals surface area contributed by atoms with Gasteiger partial charge in [0.25, 0.3) is 0 Å². The predicted octanol–water partition coefficient (Wildman–Crippen LogP) is 6.01. The van der Waals surface area contributed by atoms with Gasteiger partial charge in [-0.2, -0.15) is 0 Å². The van der Waals surface area contributed by atoms with E-state index in [4.69, 9.17) is 14.6 Å². The highest BCUT2D eigenvalue weighted by Crippen LogP contribution is 2.61. The third-order valence-corrected chi connectivity index (χ3v) is 7.76. The molecular formula is C27H30O4. The van der Waals surface area contributed by atoms with Gasteiger partial charge in [0.2, 0.25) is 0 Å². The topological polar surface area (TPSA) is 55.8 Å². The van der Waals surface area contributed by atoms with Crippen LogP contribution in [0.2, 0.25) is 0 Å². The molecule has 0 amide bonds. The highest BCUT2D eigenvalue weighted by Gasteiger charge is 2.49. The minimum absolute atomic E-state index is 0.550. The van der Waals surface area contributed by atoms with E-state index in [0.29, 0.717) is 5.92 Å². The van der Waals surface area contributed by atoms with Crippen LogP contribution in [0, 0.1) is 23.7 Å². The molecule has 1 N–H and O–H groups in total. The molecule has 4 aliphatic rings. The van der Waals surface area contributed by atoms with Crippen molar-refractivity contribution >= 4 is 12.0 Å². The monoisotopic (exact) mass is 418 g/mol. The number of benzene rings is 2. The van der Waals surface area contributed by atoms with Crippen LogP contribution in [0.4, 0.5) is 0 Å². The van der Waals surface area contributed by atoms with Crippen LogP contribution in [0.25, 0.3) is 17.2 Å². The van der Waals surface area contributed by atoms with Crippen molar-refractivity contribution in [2.75, 3.05) is 14.2 Å². The standard InChI is InChI=1S/C27H30O4/c1-30-24-15-20(19-6-3-16(4-7-19)5-8-25(28)29)14-23(27(24)31-2)26-21-10-17-9-18(12-21)13-22(26)11-17/h3-8,14-15,17-18,21-22,26H,9-13H2,1-2H3,(H,28,29). The van der Waals surface area contributed by atoms with Crippen molar-refractivity contribution in [3.63, 3.8) is 0 Å². The smallest absolute Gasteiger partial charge is 0.328 e. The molecular weight excluding hydrogens is 388 g/mol. The number of ether oxygens (including phenoxy) is 2. The molecule has 0 spiro atoms. The molecule has 0 unspecified atom stereocenters. The Balaban J connectivity index is 1.53. The van der Waals surface area contributed by atoms with Gasteiger partial charge in [0.1, 0.15) is 0 Å². The molecule has 4 bridgehead atoms. The van der Waals surface area contributed by atoms with Crippen molar-refractivity contribution < 1.29 is 19.4 Å². The molecule has 4 saturated carbocycles. The molecule has 4 aliphatic carbocycles. The zero-order valence-electron chi connectivity index (χ0n) is 18.2. The zero-order valence-corrected chi connectivity index (χ0v) is 18.2. The number of aliphatic carboxylic acids is 1. The lowest BCUT2D eigenvalue weighted by molar-refractivity contribution is -0.131. The first-order valence-corrected chi connectivity index (χ1v) is 11.3. The van der Waals surface area contributed by atoms with Crippen molar-refractivity contribution in [2.45, 2.75) is 38.0 Å². The maximum atomic E-state index is 10.8. The summed E-state index contributed by atoms with van der Waals surface area (Å²) in [5, 5.41) is 8.84. The summed E-state index contributed by atoms with van der Waals surface area (Å²) in [4.78, 5) is 10.8. The third-order valence-electron chi connectivity index (χ3n) is 7.76. The van der Waals surface area contributed by atoms with Crippen LogP contribution in [-0.4, -0.2) is 25.3 Å². The average Bonchev–Trinajstić information content (AvgIpc) is 2.76. The summed E-state index contributed by atoms with van der Waals surface area (Å²) >= 11 is 0. The molecule has 0 atom stereocenters. The van der Waals surface area contributed by atoms with E-state index in [1.807, 2.05) is 24.3 Å². The van der Waals surface area contributed by atoms with Gasteiger partial charge in [-0.1, -0.05) is 24.3 Å². The van der Waals surface area contributed by atoms with Crippen molar-refractivity contribution in [3.05, 3.63) is 53.6 Å². The molecule has 6 rings (SSSR count). The Hall–Kier alpha value is -2.75. The lowest BCUT2D eigenvalue weighted by Crippen LogP contribution is -2.43. The quantitative estimate of drug-likeness (QED) is 0.584. The van der Waals surface area contributed by atoms with Gasteiger partial charge < -0.3 is 14.6 Å². The molecule has 4 heteroatoms. The van der Waals surface area contributed by atoms with Crippen LogP contribution >= 0.6 is 0 Å². The maximum Gasteiger partial charge on any atom is 0.328 e. The number of carboxylic acids is 1. The number of carboxylic acid groups (broad SMARTS) is 1. The summed E-state index contributed by atoms with van der Waals surface area (Å²) in [6, 6.07) is 12.4. The number of methoxy groups -OCH3 is 2. The van der Waals surface area contributed by atoms with Crippen molar-refractivity contribution in [2.24, 2.45) is 23.7 Å². The van der Waals surface area contributed by atoms with Gasteiger partial charge in [-0.05, 0) is 96.6 Å². The van der Waals surface area contributed by atoms with Gasteiger partial charge in [-0.3, -0.25) is 0 Å². The van der Waals surface area contributed by atoms with Crippen LogP contribution in [0.5, 0.6) is 11.5 Å². The van der Waals surface area contributed by atoms with E-state index in [1.54, 1.807) is 20.3 Å². The Morgan fingerprint density at radius 3 is 2.10 bits per heavy atom. The van der Waals surface area contributed by atoms with E-state index in [9.17, 15) is 4.79 Å². The maximum absolute atomic E-state index is 10.8. The van der Waals surface area contributed by atoms with E-state index in [1.165, 1.54) is 37.7 Å². The fraction of sp³-hybridized carbons (Fsp3) is 0.444. The largest absolute Gasteiger partial charge is 0.493 e. The fourth-order valence-electron chi connectivity index (χ4n) is 6.80. The van der Waals surface area contributed by atoms with E-state index in [0.717, 1.165) is 57.9 Å². The van der Waals surface area contributed by atoms with Gasteiger partial charge in [0.15, 0.2) is 11.5 Å². The Morgan fingerprint density at radius 2 is 1.55 bits per heavy atom. The first-order valence-electron chi connectivity index (χ1n) is 11.3. The normalized spacial score (nSPS) is 28.8. The van der Waals surface area contributed by atoms with E-state index >= 15 is 0 Å².